The molecular formula is C19H16Cl2N2O4. The van der Waals surface area contributed by atoms with Gasteiger partial charge in [0.1, 0.15) is 12.3 Å². The van der Waals surface area contributed by atoms with E-state index >= 15 is 0 Å². The first-order valence-electron chi connectivity index (χ1n) is 8.14. The summed E-state index contributed by atoms with van der Waals surface area (Å²) in [6.45, 7) is 2.54. The Hall–Kier alpha value is -2.70. The van der Waals surface area contributed by atoms with Gasteiger partial charge in [-0.2, -0.15) is 0 Å². The summed E-state index contributed by atoms with van der Waals surface area (Å²) in [6.07, 6.45) is 1.56. The van der Waals surface area contributed by atoms with Crippen LogP contribution in [-0.4, -0.2) is 18.5 Å². The number of urea groups is 1. The summed E-state index contributed by atoms with van der Waals surface area (Å²) in [5.74, 6) is 0.572. The number of ether oxygens (including phenoxy) is 2. The molecule has 27 heavy (non-hydrogen) atoms. The summed E-state index contributed by atoms with van der Waals surface area (Å²) in [7, 11) is 0. The van der Waals surface area contributed by atoms with Crippen molar-refractivity contribution in [1.82, 2.24) is 10.6 Å². The summed E-state index contributed by atoms with van der Waals surface area (Å²) in [6, 6.07) is 9.86. The molecule has 2 N–H and O–H groups in total. The highest BCUT2D eigenvalue weighted by atomic mass is 35.5. The lowest BCUT2D eigenvalue weighted by molar-refractivity contribution is -0.115. The van der Waals surface area contributed by atoms with E-state index in [1.807, 2.05) is 6.92 Å². The van der Waals surface area contributed by atoms with Gasteiger partial charge < -0.3 is 14.8 Å². The van der Waals surface area contributed by atoms with Gasteiger partial charge in [0.05, 0.1) is 6.61 Å². The third kappa shape index (κ3) is 4.72. The molecule has 0 aromatic heterocycles. The lowest BCUT2D eigenvalue weighted by Crippen LogP contribution is -2.22. The second-order valence-corrected chi connectivity index (χ2v) is 6.47. The zero-order valence-corrected chi connectivity index (χ0v) is 15.9. The average Bonchev–Trinajstić information content (AvgIpc) is 2.93. The average molecular weight is 407 g/mol. The molecule has 0 spiro atoms. The van der Waals surface area contributed by atoms with Gasteiger partial charge in [-0.1, -0.05) is 35.3 Å². The highest BCUT2D eigenvalue weighted by molar-refractivity contribution is 6.35. The summed E-state index contributed by atoms with van der Waals surface area (Å²) >= 11 is 12.1. The Kier molecular flexibility index (Phi) is 5.88. The zero-order valence-electron chi connectivity index (χ0n) is 14.3. The van der Waals surface area contributed by atoms with Crippen molar-refractivity contribution in [3.05, 3.63) is 63.3 Å². The van der Waals surface area contributed by atoms with E-state index < -0.39 is 11.9 Å². The van der Waals surface area contributed by atoms with E-state index in [2.05, 4.69) is 10.6 Å². The minimum Gasteiger partial charge on any atom is -0.490 e. The molecule has 2 aromatic carbocycles. The number of nitrogens with one attached hydrogen (secondary N) is 2. The SMILES string of the molecule is CCOc1cc(/C=C2\NC(=O)NC2=O)ccc1OCc1ccc(Cl)cc1Cl. The third-order valence-corrected chi connectivity index (χ3v) is 4.28. The van der Waals surface area contributed by atoms with E-state index in [1.165, 1.54) is 0 Å². The van der Waals surface area contributed by atoms with Crippen LogP contribution in [0.5, 0.6) is 11.5 Å². The summed E-state index contributed by atoms with van der Waals surface area (Å²) in [5, 5.41) is 5.66. The number of hydrogen-bond donors (Lipinski definition) is 2. The second-order valence-electron chi connectivity index (χ2n) is 5.63. The highest BCUT2D eigenvalue weighted by Gasteiger charge is 2.22. The van der Waals surface area contributed by atoms with Crippen molar-refractivity contribution in [3.8, 4) is 11.5 Å². The predicted molar refractivity (Wildman–Crippen MR) is 103 cm³/mol. The molecular weight excluding hydrogens is 391 g/mol. The van der Waals surface area contributed by atoms with Crippen molar-refractivity contribution < 1.29 is 19.1 Å². The van der Waals surface area contributed by atoms with Crippen molar-refractivity contribution in [2.24, 2.45) is 0 Å². The van der Waals surface area contributed by atoms with Crippen molar-refractivity contribution in [3.63, 3.8) is 0 Å². The second kappa shape index (κ2) is 8.33. The molecule has 2 aromatic rings. The fourth-order valence-corrected chi connectivity index (χ4v) is 2.91. The molecule has 1 aliphatic rings. The van der Waals surface area contributed by atoms with Crippen LogP contribution in [0.2, 0.25) is 10.0 Å². The molecule has 6 nitrogen and oxygen atoms in total. The molecule has 1 aliphatic heterocycles. The van der Waals surface area contributed by atoms with Crippen molar-refractivity contribution in [2.75, 3.05) is 6.61 Å². The van der Waals surface area contributed by atoms with Gasteiger partial charge in [0.2, 0.25) is 0 Å². The topological polar surface area (TPSA) is 76.7 Å². The first-order chi connectivity index (χ1) is 13.0. The summed E-state index contributed by atoms with van der Waals surface area (Å²) < 4.78 is 11.5. The molecule has 1 fully saturated rings. The maximum absolute atomic E-state index is 11.6. The van der Waals surface area contributed by atoms with Crippen LogP contribution in [-0.2, 0) is 11.4 Å². The van der Waals surface area contributed by atoms with Crippen LogP contribution in [0, 0.1) is 0 Å². The van der Waals surface area contributed by atoms with E-state index in [0.717, 1.165) is 5.56 Å². The van der Waals surface area contributed by atoms with E-state index in [-0.39, 0.29) is 12.3 Å². The van der Waals surface area contributed by atoms with Crippen molar-refractivity contribution in [1.29, 1.82) is 0 Å². The smallest absolute Gasteiger partial charge is 0.326 e. The molecule has 1 saturated heterocycles. The lowest BCUT2D eigenvalue weighted by Gasteiger charge is -2.13. The number of benzene rings is 2. The lowest BCUT2D eigenvalue weighted by atomic mass is 10.1. The molecule has 8 heteroatoms. The Balaban J connectivity index is 1.80. The van der Waals surface area contributed by atoms with E-state index in [9.17, 15) is 9.59 Å². The largest absolute Gasteiger partial charge is 0.490 e. The maximum atomic E-state index is 11.6. The molecule has 0 unspecified atom stereocenters. The van der Waals surface area contributed by atoms with Crippen LogP contribution >= 0.6 is 23.2 Å². The van der Waals surface area contributed by atoms with Crippen LogP contribution in [0.1, 0.15) is 18.1 Å². The summed E-state index contributed by atoms with van der Waals surface area (Å²) in [4.78, 5) is 22.8. The number of rotatable bonds is 6. The Morgan fingerprint density at radius 2 is 1.81 bits per heavy atom. The van der Waals surface area contributed by atoms with Gasteiger partial charge >= 0.3 is 6.03 Å². The van der Waals surface area contributed by atoms with Gasteiger partial charge in [-0.05, 0) is 42.8 Å². The van der Waals surface area contributed by atoms with Gasteiger partial charge in [0.15, 0.2) is 11.5 Å². The van der Waals surface area contributed by atoms with Crippen molar-refractivity contribution in [2.45, 2.75) is 13.5 Å². The molecule has 0 aliphatic carbocycles. The standard InChI is InChI=1S/C19H16Cl2N2O4/c1-2-26-17-8-11(7-15-18(24)23-19(25)22-15)3-6-16(17)27-10-12-4-5-13(20)9-14(12)21/h3-9H,2,10H2,1H3,(H2,22,23,24,25)/b15-7-. The van der Waals surface area contributed by atoms with Gasteiger partial charge in [-0.3, -0.25) is 10.1 Å². The van der Waals surface area contributed by atoms with E-state index in [0.29, 0.717) is 33.7 Å². The number of amides is 3. The molecule has 1 heterocycles. The molecule has 140 valence electrons. The number of carbonyl (C=O) groups excluding carboxylic acids is 2. The third-order valence-electron chi connectivity index (χ3n) is 3.70. The van der Waals surface area contributed by atoms with Crippen molar-refractivity contribution >= 4 is 41.2 Å². The number of hydrogen-bond acceptors (Lipinski definition) is 4. The number of imide groups is 1. The molecule has 0 bridgehead atoms. The first kappa shape index (κ1) is 19.1. The minimum absolute atomic E-state index is 0.170. The predicted octanol–water partition coefficient (Wildman–Crippen LogP) is 4.15. The van der Waals surface area contributed by atoms with Gasteiger partial charge in [-0.15, -0.1) is 0 Å². The summed E-state index contributed by atoms with van der Waals surface area (Å²) in [5.41, 5.74) is 1.65. The van der Waals surface area contributed by atoms with Gasteiger partial charge in [0.25, 0.3) is 5.91 Å². The van der Waals surface area contributed by atoms with Gasteiger partial charge in [-0.25, -0.2) is 4.79 Å². The van der Waals surface area contributed by atoms with Crippen LogP contribution in [0.15, 0.2) is 42.1 Å². The minimum atomic E-state index is -0.545. The van der Waals surface area contributed by atoms with Gasteiger partial charge in [0, 0.05) is 15.6 Å². The fraction of sp³-hybridized carbons (Fsp3) is 0.158. The molecule has 0 saturated carbocycles. The Morgan fingerprint density at radius 3 is 2.48 bits per heavy atom. The van der Waals surface area contributed by atoms with Crippen LogP contribution in [0.4, 0.5) is 4.79 Å². The normalized spacial score (nSPS) is 14.9. The quantitative estimate of drug-likeness (QED) is 0.557. The van der Waals surface area contributed by atoms with E-state index in [4.69, 9.17) is 32.7 Å². The molecule has 0 radical (unpaired) electrons. The number of carbonyl (C=O) groups is 2. The molecule has 3 rings (SSSR count). The molecule has 3 amide bonds. The van der Waals surface area contributed by atoms with Crippen LogP contribution < -0.4 is 20.1 Å². The monoisotopic (exact) mass is 406 g/mol. The van der Waals surface area contributed by atoms with Crippen LogP contribution in [0.3, 0.4) is 0 Å². The molecule has 0 atom stereocenters. The fourth-order valence-electron chi connectivity index (χ4n) is 2.45. The zero-order chi connectivity index (χ0) is 19.4. The van der Waals surface area contributed by atoms with Crippen LogP contribution in [0.25, 0.3) is 6.08 Å². The highest BCUT2D eigenvalue weighted by Crippen LogP contribution is 2.31. The Bertz CT molecular complexity index is 928. The Morgan fingerprint density at radius 1 is 1.00 bits per heavy atom. The number of halogens is 2. The maximum Gasteiger partial charge on any atom is 0.326 e. The Labute approximate surface area is 166 Å². The first-order valence-corrected chi connectivity index (χ1v) is 8.89. The van der Waals surface area contributed by atoms with E-state index in [1.54, 1.807) is 42.5 Å².